The van der Waals surface area contributed by atoms with Crippen LogP contribution in [0.4, 0.5) is 0 Å². The van der Waals surface area contributed by atoms with Crippen molar-refractivity contribution >= 4 is 11.9 Å². The Balaban J connectivity index is 2.07. The lowest BCUT2D eigenvalue weighted by Gasteiger charge is -2.27. The van der Waals surface area contributed by atoms with Gasteiger partial charge in [0, 0.05) is 13.1 Å². The minimum atomic E-state index is -1.07. The van der Waals surface area contributed by atoms with Crippen LogP contribution in [0.5, 0.6) is 0 Å². The fourth-order valence-corrected chi connectivity index (χ4v) is 1.90. The van der Waals surface area contributed by atoms with E-state index in [1.54, 1.807) is 4.90 Å². The highest BCUT2D eigenvalue weighted by Gasteiger charge is 2.58. The molecular formula is C11H15NO3. The standard InChI is InChI=1S/C11H15NO3/c1-8-2-6-12(7-3-8)9(13)11(4-5-11)10(14)15/h2H,3-7H2,1H3,(H,14,15). The lowest BCUT2D eigenvalue weighted by Crippen LogP contribution is -2.42. The third kappa shape index (κ3) is 1.64. The molecule has 1 heterocycles. The minimum absolute atomic E-state index is 0.196. The van der Waals surface area contributed by atoms with Crippen molar-refractivity contribution in [3.05, 3.63) is 11.6 Å². The second-order valence-electron chi connectivity index (χ2n) is 4.44. The second kappa shape index (κ2) is 3.36. The van der Waals surface area contributed by atoms with E-state index in [0.29, 0.717) is 25.9 Å². The van der Waals surface area contributed by atoms with Crippen molar-refractivity contribution in [1.82, 2.24) is 4.90 Å². The molecule has 1 amide bonds. The van der Waals surface area contributed by atoms with E-state index in [1.807, 2.05) is 13.0 Å². The summed E-state index contributed by atoms with van der Waals surface area (Å²) in [6, 6.07) is 0. The highest BCUT2D eigenvalue weighted by Crippen LogP contribution is 2.47. The summed E-state index contributed by atoms with van der Waals surface area (Å²) in [6.07, 6.45) is 3.86. The fourth-order valence-electron chi connectivity index (χ4n) is 1.90. The van der Waals surface area contributed by atoms with E-state index in [4.69, 9.17) is 5.11 Å². The molecule has 0 bridgehead atoms. The molecule has 1 saturated carbocycles. The van der Waals surface area contributed by atoms with Gasteiger partial charge in [-0.25, -0.2) is 0 Å². The number of aliphatic carboxylic acids is 1. The number of amides is 1. The van der Waals surface area contributed by atoms with Crippen LogP contribution in [-0.2, 0) is 9.59 Å². The second-order valence-corrected chi connectivity index (χ2v) is 4.44. The van der Waals surface area contributed by atoms with Crippen LogP contribution in [0.15, 0.2) is 11.6 Å². The highest BCUT2D eigenvalue weighted by atomic mass is 16.4. The van der Waals surface area contributed by atoms with Crippen molar-refractivity contribution in [3.8, 4) is 0 Å². The summed E-state index contributed by atoms with van der Waals surface area (Å²) in [4.78, 5) is 24.6. The molecular weight excluding hydrogens is 194 g/mol. The van der Waals surface area contributed by atoms with Crippen molar-refractivity contribution in [1.29, 1.82) is 0 Å². The first-order valence-corrected chi connectivity index (χ1v) is 5.25. The highest BCUT2D eigenvalue weighted by molar-refractivity contribution is 6.04. The molecule has 2 aliphatic rings. The largest absolute Gasteiger partial charge is 0.480 e. The van der Waals surface area contributed by atoms with Crippen LogP contribution < -0.4 is 0 Å². The topological polar surface area (TPSA) is 57.6 Å². The molecule has 0 radical (unpaired) electrons. The molecule has 0 spiro atoms. The Morgan fingerprint density at radius 2 is 2.13 bits per heavy atom. The van der Waals surface area contributed by atoms with Gasteiger partial charge in [0.1, 0.15) is 5.41 Å². The Bertz CT molecular complexity index is 342. The normalized spacial score (nSPS) is 23.3. The van der Waals surface area contributed by atoms with Gasteiger partial charge in [-0.3, -0.25) is 9.59 Å². The van der Waals surface area contributed by atoms with E-state index in [9.17, 15) is 9.59 Å². The zero-order valence-corrected chi connectivity index (χ0v) is 8.82. The van der Waals surface area contributed by atoms with Crippen molar-refractivity contribution in [2.45, 2.75) is 26.2 Å². The number of carbonyl (C=O) groups excluding carboxylic acids is 1. The van der Waals surface area contributed by atoms with Gasteiger partial charge >= 0.3 is 5.97 Å². The molecule has 4 heteroatoms. The van der Waals surface area contributed by atoms with E-state index < -0.39 is 11.4 Å². The summed E-state index contributed by atoms with van der Waals surface area (Å²) in [7, 11) is 0. The lowest BCUT2D eigenvalue weighted by atomic mass is 10.0. The van der Waals surface area contributed by atoms with Crippen LogP contribution in [0.2, 0.25) is 0 Å². The molecule has 0 atom stereocenters. The van der Waals surface area contributed by atoms with Crippen LogP contribution in [-0.4, -0.2) is 35.0 Å². The van der Waals surface area contributed by atoms with Gasteiger partial charge in [0.15, 0.2) is 0 Å². The molecule has 0 aromatic rings. The van der Waals surface area contributed by atoms with E-state index in [2.05, 4.69) is 0 Å². The Hall–Kier alpha value is -1.32. The minimum Gasteiger partial charge on any atom is -0.480 e. The van der Waals surface area contributed by atoms with Crippen molar-refractivity contribution in [2.24, 2.45) is 5.41 Å². The van der Waals surface area contributed by atoms with Gasteiger partial charge in [-0.05, 0) is 26.2 Å². The molecule has 1 aliphatic carbocycles. The lowest BCUT2D eigenvalue weighted by molar-refractivity contribution is -0.153. The quantitative estimate of drug-likeness (QED) is 0.546. The summed E-state index contributed by atoms with van der Waals surface area (Å²) in [6.45, 7) is 3.27. The van der Waals surface area contributed by atoms with Gasteiger partial charge in [0.2, 0.25) is 5.91 Å². The molecule has 0 saturated heterocycles. The van der Waals surface area contributed by atoms with Crippen LogP contribution in [0.3, 0.4) is 0 Å². The van der Waals surface area contributed by atoms with Crippen LogP contribution in [0.1, 0.15) is 26.2 Å². The molecule has 0 unspecified atom stereocenters. The molecule has 2 rings (SSSR count). The van der Waals surface area contributed by atoms with Crippen LogP contribution in [0.25, 0.3) is 0 Å². The number of rotatable bonds is 2. The summed E-state index contributed by atoms with van der Waals surface area (Å²) in [5.41, 5.74) is 0.207. The first kappa shape index (κ1) is 10.2. The number of carboxylic acids is 1. The molecule has 1 fully saturated rings. The number of hydrogen-bond acceptors (Lipinski definition) is 2. The maximum Gasteiger partial charge on any atom is 0.319 e. The van der Waals surface area contributed by atoms with E-state index in [0.717, 1.165) is 6.42 Å². The number of carbonyl (C=O) groups is 2. The first-order valence-electron chi connectivity index (χ1n) is 5.25. The number of hydrogen-bond donors (Lipinski definition) is 1. The fraction of sp³-hybridized carbons (Fsp3) is 0.636. The monoisotopic (exact) mass is 209 g/mol. The molecule has 1 aliphatic heterocycles. The molecule has 0 aromatic heterocycles. The zero-order valence-electron chi connectivity index (χ0n) is 8.82. The SMILES string of the molecule is CC1=CCN(C(=O)C2(C(=O)O)CC2)CC1. The van der Waals surface area contributed by atoms with Gasteiger partial charge < -0.3 is 10.0 Å². The number of nitrogens with zero attached hydrogens (tertiary/aromatic N) is 1. The summed E-state index contributed by atoms with van der Waals surface area (Å²) in [5.74, 6) is -1.16. The maximum absolute atomic E-state index is 11.9. The Labute approximate surface area is 88.6 Å². The first-order chi connectivity index (χ1) is 7.06. The van der Waals surface area contributed by atoms with Gasteiger partial charge in [0.05, 0.1) is 0 Å². The Morgan fingerprint density at radius 3 is 2.53 bits per heavy atom. The molecule has 4 nitrogen and oxygen atoms in total. The summed E-state index contributed by atoms with van der Waals surface area (Å²) < 4.78 is 0. The van der Waals surface area contributed by atoms with E-state index in [-0.39, 0.29) is 5.91 Å². The van der Waals surface area contributed by atoms with E-state index in [1.165, 1.54) is 5.57 Å². The van der Waals surface area contributed by atoms with Crippen molar-refractivity contribution < 1.29 is 14.7 Å². The predicted molar refractivity (Wildman–Crippen MR) is 54.3 cm³/mol. The summed E-state index contributed by atoms with van der Waals surface area (Å²) >= 11 is 0. The summed E-state index contributed by atoms with van der Waals surface area (Å²) in [5, 5.41) is 8.99. The molecule has 15 heavy (non-hydrogen) atoms. The molecule has 0 aromatic carbocycles. The Kier molecular flexibility index (Phi) is 2.29. The van der Waals surface area contributed by atoms with Crippen molar-refractivity contribution in [3.63, 3.8) is 0 Å². The van der Waals surface area contributed by atoms with E-state index >= 15 is 0 Å². The van der Waals surface area contributed by atoms with Crippen molar-refractivity contribution in [2.75, 3.05) is 13.1 Å². The average Bonchev–Trinajstić information content (AvgIpc) is 2.98. The number of carboxylic acid groups (broad SMARTS) is 1. The Morgan fingerprint density at radius 1 is 1.47 bits per heavy atom. The van der Waals surface area contributed by atoms with Crippen LogP contribution in [0, 0.1) is 5.41 Å². The predicted octanol–water partition coefficient (Wildman–Crippen LogP) is 1.03. The average molecular weight is 209 g/mol. The smallest absolute Gasteiger partial charge is 0.319 e. The zero-order chi connectivity index (χ0) is 11.1. The molecule has 1 N–H and O–H groups in total. The van der Waals surface area contributed by atoms with Gasteiger partial charge in [-0.2, -0.15) is 0 Å². The third-order valence-corrected chi connectivity index (χ3v) is 3.29. The van der Waals surface area contributed by atoms with Gasteiger partial charge in [-0.15, -0.1) is 0 Å². The van der Waals surface area contributed by atoms with Gasteiger partial charge in [0.25, 0.3) is 0 Å². The maximum atomic E-state index is 11.9. The van der Waals surface area contributed by atoms with Gasteiger partial charge in [-0.1, -0.05) is 11.6 Å². The van der Waals surface area contributed by atoms with Crippen LogP contribution >= 0.6 is 0 Å². The third-order valence-electron chi connectivity index (χ3n) is 3.29. The molecule has 82 valence electrons.